The minimum absolute atomic E-state index is 0.0441. The van der Waals surface area contributed by atoms with Crippen LogP contribution >= 0.6 is 0 Å². The van der Waals surface area contributed by atoms with Gasteiger partial charge in [0.05, 0.1) is 5.52 Å². The van der Waals surface area contributed by atoms with Crippen molar-refractivity contribution in [3.63, 3.8) is 0 Å². The smallest absolute Gasteiger partial charge is 0.261 e. The topological polar surface area (TPSA) is 62.0 Å². The zero-order chi connectivity index (χ0) is 18.5. The van der Waals surface area contributed by atoms with E-state index in [1.807, 2.05) is 0 Å². The first kappa shape index (κ1) is 17.9. The van der Waals surface area contributed by atoms with Gasteiger partial charge in [-0.15, -0.1) is 0 Å². The van der Waals surface area contributed by atoms with Crippen LogP contribution in [0.4, 0.5) is 4.39 Å². The second-order valence-electron chi connectivity index (χ2n) is 6.44. The van der Waals surface area contributed by atoms with Crippen molar-refractivity contribution in [1.82, 2.24) is 10.3 Å². The number of pyridine rings is 1. The number of carbonyl (C=O) groups excluding carboxylic acids is 1. The second kappa shape index (κ2) is 7.95. The Kier molecular flexibility index (Phi) is 5.46. The van der Waals surface area contributed by atoms with Crippen molar-refractivity contribution in [2.75, 3.05) is 6.54 Å². The standard InChI is InChI=1S/C21H21FN2O2/c1-14-5-7-15(8-6-14)4-2-3-11-23-20(25)18-12-16-9-10-17(22)13-19(16)24-21(18)26/h5-10,12-13H,2-4,11H2,1H3,(H,23,25)(H,24,26). The predicted octanol–water partition coefficient (Wildman–Crippen LogP) is 3.73. The number of H-pyrrole nitrogens is 1. The van der Waals surface area contributed by atoms with Crippen LogP contribution in [-0.2, 0) is 6.42 Å². The second-order valence-corrected chi connectivity index (χ2v) is 6.44. The van der Waals surface area contributed by atoms with Crippen LogP contribution in [0.5, 0.6) is 0 Å². The van der Waals surface area contributed by atoms with Crippen molar-refractivity contribution in [1.29, 1.82) is 0 Å². The molecule has 0 aliphatic heterocycles. The molecule has 2 aromatic carbocycles. The van der Waals surface area contributed by atoms with Crippen LogP contribution in [0.1, 0.15) is 34.3 Å². The molecule has 0 atom stereocenters. The van der Waals surface area contributed by atoms with Gasteiger partial charge in [0.1, 0.15) is 11.4 Å². The summed E-state index contributed by atoms with van der Waals surface area (Å²) in [6.07, 6.45) is 2.74. The number of amides is 1. The molecule has 0 saturated heterocycles. The Morgan fingerprint density at radius 1 is 1.08 bits per heavy atom. The van der Waals surface area contributed by atoms with E-state index in [0.29, 0.717) is 17.4 Å². The van der Waals surface area contributed by atoms with Crippen LogP contribution in [0.3, 0.4) is 0 Å². The fourth-order valence-corrected chi connectivity index (χ4v) is 2.85. The zero-order valence-corrected chi connectivity index (χ0v) is 14.6. The van der Waals surface area contributed by atoms with Crippen molar-refractivity contribution in [3.05, 3.63) is 81.4 Å². The van der Waals surface area contributed by atoms with Gasteiger partial charge in [-0.25, -0.2) is 4.39 Å². The third-order valence-electron chi connectivity index (χ3n) is 4.35. The van der Waals surface area contributed by atoms with E-state index < -0.39 is 17.3 Å². The summed E-state index contributed by atoms with van der Waals surface area (Å²) in [5, 5.41) is 3.40. The summed E-state index contributed by atoms with van der Waals surface area (Å²) in [6.45, 7) is 2.57. The van der Waals surface area contributed by atoms with Crippen molar-refractivity contribution in [2.45, 2.75) is 26.2 Å². The van der Waals surface area contributed by atoms with Crippen LogP contribution in [0, 0.1) is 12.7 Å². The molecular weight excluding hydrogens is 331 g/mol. The number of fused-ring (bicyclic) bond motifs is 1. The molecule has 134 valence electrons. The van der Waals surface area contributed by atoms with E-state index in [4.69, 9.17) is 0 Å². The summed E-state index contributed by atoms with van der Waals surface area (Å²) in [6, 6.07) is 14.0. The molecule has 0 fully saturated rings. The number of carbonyl (C=O) groups is 1. The molecule has 0 aliphatic carbocycles. The molecule has 0 radical (unpaired) electrons. The fraction of sp³-hybridized carbons (Fsp3) is 0.238. The molecule has 3 rings (SSSR count). The largest absolute Gasteiger partial charge is 0.352 e. The molecule has 0 saturated carbocycles. The quantitative estimate of drug-likeness (QED) is 0.664. The first-order valence-electron chi connectivity index (χ1n) is 8.69. The molecule has 0 spiro atoms. The first-order chi connectivity index (χ1) is 12.5. The molecule has 1 amide bonds. The summed E-state index contributed by atoms with van der Waals surface area (Å²) < 4.78 is 13.2. The highest BCUT2D eigenvalue weighted by Crippen LogP contribution is 2.12. The van der Waals surface area contributed by atoms with Gasteiger partial charge >= 0.3 is 0 Å². The highest BCUT2D eigenvalue weighted by molar-refractivity contribution is 5.97. The van der Waals surface area contributed by atoms with Crippen molar-refractivity contribution in [3.8, 4) is 0 Å². The average Bonchev–Trinajstić information content (AvgIpc) is 2.62. The van der Waals surface area contributed by atoms with E-state index in [2.05, 4.69) is 41.5 Å². The fourth-order valence-electron chi connectivity index (χ4n) is 2.85. The van der Waals surface area contributed by atoms with Crippen LogP contribution in [0.25, 0.3) is 10.9 Å². The average molecular weight is 352 g/mol. The maximum atomic E-state index is 13.2. The maximum absolute atomic E-state index is 13.2. The lowest BCUT2D eigenvalue weighted by atomic mass is 10.1. The lowest BCUT2D eigenvalue weighted by Gasteiger charge is -2.06. The minimum atomic E-state index is -0.514. The van der Waals surface area contributed by atoms with Crippen LogP contribution < -0.4 is 10.9 Å². The number of nitrogens with one attached hydrogen (secondary N) is 2. The molecule has 1 heterocycles. The minimum Gasteiger partial charge on any atom is -0.352 e. The molecule has 3 aromatic rings. The van der Waals surface area contributed by atoms with Gasteiger partial charge < -0.3 is 10.3 Å². The molecule has 0 unspecified atom stereocenters. The molecule has 1 aromatic heterocycles. The Bertz CT molecular complexity index is 977. The van der Waals surface area contributed by atoms with Crippen LogP contribution in [-0.4, -0.2) is 17.4 Å². The third kappa shape index (κ3) is 4.36. The molecular formula is C21H21FN2O2. The monoisotopic (exact) mass is 352 g/mol. The maximum Gasteiger partial charge on any atom is 0.261 e. The highest BCUT2D eigenvalue weighted by Gasteiger charge is 2.11. The van der Waals surface area contributed by atoms with Crippen LogP contribution in [0.2, 0.25) is 0 Å². The Hall–Kier alpha value is -2.95. The number of unbranched alkanes of at least 4 members (excludes halogenated alkanes) is 1. The molecule has 5 heteroatoms. The van der Waals surface area contributed by atoms with Crippen molar-refractivity contribution < 1.29 is 9.18 Å². The van der Waals surface area contributed by atoms with Gasteiger partial charge in [-0.3, -0.25) is 9.59 Å². The lowest BCUT2D eigenvalue weighted by molar-refractivity contribution is 0.0951. The van der Waals surface area contributed by atoms with E-state index in [9.17, 15) is 14.0 Å². The first-order valence-corrected chi connectivity index (χ1v) is 8.69. The highest BCUT2D eigenvalue weighted by atomic mass is 19.1. The van der Waals surface area contributed by atoms with Gasteiger partial charge in [-0.05, 0) is 61.4 Å². The third-order valence-corrected chi connectivity index (χ3v) is 4.35. The summed E-state index contributed by atoms with van der Waals surface area (Å²) in [7, 11) is 0. The number of aryl methyl sites for hydroxylation is 2. The summed E-state index contributed by atoms with van der Waals surface area (Å²) >= 11 is 0. The van der Waals surface area contributed by atoms with E-state index in [1.165, 1.54) is 29.3 Å². The summed E-state index contributed by atoms with van der Waals surface area (Å²) in [5.41, 5.74) is 2.43. The van der Waals surface area contributed by atoms with Gasteiger partial charge in [-0.1, -0.05) is 29.8 Å². The van der Waals surface area contributed by atoms with Gasteiger partial charge in [-0.2, -0.15) is 0 Å². The number of halogens is 1. The number of rotatable bonds is 6. The summed E-state index contributed by atoms with van der Waals surface area (Å²) in [5.74, 6) is -0.841. The Labute approximate surface area is 151 Å². The van der Waals surface area contributed by atoms with E-state index in [0.717, 1.165) is 19.3 Å². The van der Waals surface area contributed by atoms with Crippen LogP contribution in [0.15, 0.2) is 53.3 Å². The Morgan fingerprint density at radius 2 is 1.85 bits per heavy atom. The predicted molar refractivity (Wildman–Crippen MR) is 101 cm³/mol. The zero-order valence-electron chi connectivity index (χ0n) is 14.6. The van der Waals surface area contributed by atoms with Crippen molar-refractivity contribution in [2.24, 2.45) is 0 Å². The van der Waals surface area contributed by atoms with E-state index in [1.54, 1.807) is 6.07 Å². The van der Waals surface area contributed by atoms with Gasteiger partial charge in [0.25, 0.3) is 11.5 Å². The normalized spacial score (nSPS) is 10.8. The molecule has 2 N–H and O–H groups in total. The van der Waals surface area contributed by atoms with Crippen molar-refractivity contribution >= 4 is 16.8 Å². The van der Waals surface area contributed by atoms with E-state index in [-0.39, 0.29) is 5.56 Å². The Morgan fingerprint density at radius 3 is 2.62 bits per heavy atom. The van der Waals surface area contributed by atoms with Gasteiger partial charge in [0.15, 0.2) is 0 Å². The SMILES string of the molecule is Cc1ccc(CCCCNC(=O)c2cc3ccc(F)cc3[nH]c2=O)cc1. The van der Waals surface area contributed by atoms with Gasteiger partial charge in [0, 0.05) is 6.54 Å². The van der Waals surface area contributed by atoms with Gasteiger partial charge in [0.2, 0.25) is 0 Å². The number of aromatic amines is 1. The Balaban J connectivity index is 1.54. The summed E-state index contributed by atoms with van der Waals surface area (Å²) in [4.78, 5) is 26.8. The lowest BCUT2D eigenvalue weighted by Crippen LogP contribution is -2.30. The number of benzene rings is 2. The molecule has 26 heavy (non-hydrogen) atoms. The van der Waals surface area contributed by atoms with E-state index >= 15 is 0 Å². The number of hydrogen-bond donors (Lipinski definition) is 2. The number of aromatic nitrogens is 1. The molecule has 0 aliphatic rings. The molecule has 4 nitrogen and oxygen atoms in total. The molecule has 0 bridgehead atoms. The number of hydrogen-bond acceptors (Lipinski definition) is 2.